The first-order valence-corrected chi connectivity index (χ1v) is 9.44. The molecule has 0 bridgehead atoms. The SMILES string of the molecule is Cc1nc(N2CC(C(=O)NCC(F)(F)F)CCC2C)c2c(cnc3nccc32)[nH]1. The smallest absolute Gasteiger partial charge is 0.352 e. The van der Waals surface area contributed by atoms with E-state index in [4.69, 9.17) is 0 Å². The second-order valence-corrected chi connectivity index (χ2v) is 7.48. The number of pyridine rings is 1. The van der Waals surface area contributed by atoms with Crippen molar-refractivity contribution >= 4 is 33.7 Å². The number of hydrogen-bond acceptors (Lipinski definition) is 5. The molecule has 3 aromatic rings. The van der Waals surface area contributed by atoms with Gasteiger partial charge in [0, 0.05) is 24.2 Å². The number of carbonyl (C=O) groups excluding carboxylic acids is 1. The first-order valence-electron chi connectivity index (χ1n) is 9.44. The lowest BCUT2D eigenvalue weighted by molar-refractivity contribution is -0.141. The van der Waals surface area contributed by atoms with Crippen LogP contribution in [0.3, 0.4) is 0 Å². The lowest BCUT2D eigenvalue weighted by atomic mass is 9.92. The Bertz CT molecular complexity index is 1060. The highest BCUT2D eigenvalue weighted by Crippen LogP contribution is 2.34. The van der Waals surface area contributed by atoms with Gasteiger partial charge in [-0.05, 0) is 32.8 Å². The third-order valence-corrected chi connectivity index (χ3v) is 5.33. The zero-order chi connectivity index (χ0) is 20.8. The Kier molecular flexibility index (Phi) is 4.79. The van der Waals surface area contributed by atoms with E-state index in [2.05, 4.69) is 19.9 Å². The van der Waals surface area contributed by atoms with E-state index in [9.17, 15) is 18.0 Å². The molecule has 4 heterocycles. The first kappa shape index (κ1) is 19.4. The van der Waals surface area contributed by atoms with Crippen LogP contribution in [0.5, 0.6) is 0 Å². The molecule has 0 radical (unpaired) electrons. The van der Waals surface area contributed by atoms with Crippen LogP contribution < -0.4 is 10.2 Å². The topological polar surface area (TPSA) is 86.8 Å². The Hall–Kier alpha value is -2.91. The molecule has 2 N–H and O–H groups in total. The highest BCUT2D eigenvalue weighted by atomic mass is 19.4. The van der Waals surface area contributed by atoms with Crippen LogP contribution >= 0.6 is 0 Å². The summed E-state index contributed by atoms with van der Waals surface area (Å²) in [6.45, 7) is 2.85. The largest absolute Gasteiger partial charge is 0.405 e. The van der Waals surface area contributed by atoms with Gasteiger partial charge in [-0.15, -0.1) is 0 Å². The number of aromatic amines is 1. The van der Waals surface area contributed by atoms with E-state index < -0.39 is 24.5 Å². The predicted octanol–water partition coefficient (Wildman–Crippen LogP) is 3.10. The maximum atomic E-state index is 12.5. The molecule has 3 aromatic heterocycles. The fraction of sp³-hybridized carbons (Fsp3) is 0.474. The average molecular weight is 406 g/mol. The summed E-state index contributed by atoms with van der Waals surface area (Å²) >= 11 is 0. The molecule has 1 aliphatic rings. The molecule has 0 spiro atoms. The minimum Gasteiger partial charge on any atom is -0.352 e. The summed E-state index contributed by atoms with van der Waals surface area (Å²) in [4.78, 5) is 30.8. The normalized spacial score (nSPS) is 20.4. The van der Waals surface area contributed by atoms with E-state index in [1.54, 1.807) is 12.4 Å². The minimum absolute atomic E-state index is 0.0882. The fourth-order valence-corrected chi connectivity index (χ4v) is 3.89. The zero-order valence-corrected chi connectivity index (χ0v) is 16.0. The molecule has 1 aliphatic heterocycles. The second-order valence-electron chi connectivity index (χ2n) is 7.48. The van der Waals surface area contributed by atoms with Crippen LogP contribution in [0.4, 0.5) is 19.0 Å². The number of nitrogens with one attached hydrogen (secondary N) is 2. The molecule has 29 heavy (non-hydrogen) atoms. The lowest BCUT2D eigenvalue weighted by Gasteiger charge is -2.39. The van der Waals surface area contributed by atoms with E-state index in [1.807, 2.05) is 30.1 Å². The molecule has 4 rings (SSSR count). The molecule has 1 fully saturated rings. The quantitative estimate of drug-likeness (QED) is 0.698. The van der Waals surface area contributed by atoms with E-state index in [-0.39, 0.29) is 6.04 Å². The number of H-pyrrole nitrogens is 1. The number of halogens is 3. The Balaban J connectivity index is 1.70. The van der Waals surface area contributed by atoms with Crippen LogP contribution in [0.25, 0.3) is 21.9 Å². The molecule has 7 nitrogen and oxygen atoms in total. The molecule has 1 amide bonds. The van der Waals surface area contributed by atoms with Crippen molar-refractivity contribution in [1.82, 2.24) is 25.3 Å². The van der Waals surface area contributed by atoms with Crippen LogP contribution in [-0.4, -0.2) is 51.2 Å². The van der Waals surface area contributed by atoms with Crippen molar-refractivity contribution in [2.45, 2.75) is 38.9 Å². The second kappa shape index (κ2) is 7.16. The number of carbonyl (C=O) groups is 1. The molecule has 0 aromatic carbocycles. The number of piperidine rings is 1. The molecule has 10 heteroatoms. The van der Waals surface area contributed by atoms with Gasteiger partial charge in [0.15, 0.2) is 5.65 Å². The number of aromatic nitrogens is 4. The van der Waals surface area contributed by atoms with Gasteiger partial charge in [0.2, 0.25) is 5.91 Å². The first-order chi connectivity index (χ1) is 13.7. The predicted molar refractivity (Wildman–Crippen MR) is 103 cm³/mol. The number of fused-ring (bicyclic) bond motifs is 3. The summed E-state index contributed by atoms with van der Waals surface area (Å²) in [5.74, 6) is 0.260. The van der Waals surface area contributed by atoms with Gasteiger partial charge < -0.3 is 15.2 Å². The molecular formula is C19H21F3N6O. The van der Waals surface area contributed by atoms with E-state index in [0.717, 1.165) is 16.3 Å². The van der Waals surface area contributed by atoms with E-state index in [1.165, 1.54) is 0 Å². The van der Waals surface area contributed by atoms with Gasteiger partial charge in [0.05, 0.1) is 23.0 Å². The molecule has 2 unspecified atom stereocenters. The van der Waals surface area contributed by atoms with Crippen LogP contribution in [-0.2, 0) is 4.79 Å². The van der Waals surface area contributed by atoms with Gasteiger partial charge in [-0.1, -0.05) is 0 Å². The van der Waals surface area contributed by atoms with Gasteiger partial charge in [-0.25, -0.2) is 15.0 Å². The van der Waals surface area contributed by atoms with Gasteiger partial charge in [-0.2, -0.15) is 13.2 Å². The Labute approximate surface area is 164 Å². The van der Waals surface area contributed by atoms with Gasteiger partial charge in [0.1, 0.15) is 18.2 Å². The van der Waals surface area contributed by atoms with Gasteiger partial charge >= 0.3 is 6.18 Å². The third kappa shape index (κ3) is 3.83. The van der Waals surface area contributed by atoms with Crippen molar-refractivity contribution in [3.8, 4) is 0 Å². The summed E-state index contributed by atoms with van der Waals surface area (Å²) in [5, 5.41) is 3.71. The van der Waals surface area contributed by atoms with Crippen LogP contribution in [0.2, 0.25) is 0 Å². The van der Waals surface area contributed by atoms with Crippen molar-refractivity contribution in [3.05, 3.63) is 24.3 Å². The van der Waals surface area contributed by atoms with Gasteiger partial charge in [-0.3, -0.25) is 4.79 Å². The third-order valence-electron chi connectivity index (χ3n) is 5.33. The lowest BCUT2D eigenvalue weighted by Crippen LogP contribution is -2.48. The van der Waals surface area contributed by atoms with Crippen molar-refractivity contribution in [1.29, 1.82) is 0 Å². The Morgan fingerprint density at radius 3 is 2.90 bits per heavy atom. The Morgan fingerprint density at radius 1 is 1.34 bits per heavy atom. The maximum Gasteiger partial charge on any atom is 0.405 e. The highest BCUT2D eigenvalue weighted by Gasteiger charge is 2.34. The number of amides is 1. The summed E-state index contributed by atoms with van der Waals surface area (Å²) in [6, 6.07) is 1.95. The molecule has 2 atom stereocenters. The maximum absolute atomic E-state index is 12.5. The van der Waals surface area contributed by atoms with Gasteiger partial charge in [0.25, 0.3) is 0 Å². The molecule has 0 saturated carbocycles. The summed E-state index contributed by atoms with van der Waals surface area (Å²) in [6.07, 6.45) is 0.161. The number of rotatable bonds is 3. The molecule has 0 aliphatic carbocycles. The Morgan fingerprint density at radius 2 is 2.14 bits per heavy atom. The zero-order valence-electron chi connectivity index (χ0n) is 16.0. The van der Waals surface area contributed by atoms with E-state index >= 15 is 0 Å². The fourth-order valence-electron chi connectivity index (χ4n) is 3.89. The summed E-state index contributed by atoms with van der Waals surface area (Å²) in [5.41, 5.74) is 1.39. The number of hydrogen-bond donors (Lipinski definition) is 2. The van der Waals surface area contributed by atoms with Crippen LogP contribution in [0, 0.1) is 12.8 Å². The van der Waals surface area contributed by atoms with Crippen LogP contribution in [0.15, 0.2) is 18.5 Å². The highest BCUT2D eigenvalue weighted by molar-refractivity contribution is 6.09. The number of aryl methyl sites for hydroxylation is 1. The molecule has 1 saturated heterocycles. The summed E-state index contributed by atoms with van der Waals surface area (Å²) < 4.78 is 37.4. The number of alkyl halides is 3. The van der Waals surface area contributed by atoms with Crippen molar-refractivity contribution in [2.75, 3.05) is 18.0 Å². The van der Waals surface area contributed by atoms with Crippen molar-refractivity contribution < 1.29 is 18.0 Å². The van der Waals surface area contributed by atoms with Crippen molar-refractivity contribution in [2.24, 2.45) is 5.92 Å². The monoisotopic (exact) mass is 406 g/mol. The average Bonchev–Trinajstić information content (AvgIpc) is 3.14. The van der Waals surface area contributed by atoms with Crippen LogP contribution in [0.1, 0.15) is 25.6 Å². The molecular weight excluding hydrogens is 385 g/mol. The standard InChI is InChI=1S/C19H21F3N6O/c1-10-3-4-12(18(29)25-9-19(20,21)22)8-28(10)17-15-13-5-6-23-16(13)24-7-14(15)26-11(2)27-17/h5-7,10,12H,3-4,8-9H2,1-2H3,(H,25,29)(H,26,27). The van der Waals surface area contributed by atoms with E-state index in [0.29, 0.717) is 36.7 Å². The number of anilines is 1. The summed E-state index contributed by atoms with van der Waals surface area (Å²) in [7, 11) is 0. The minimum atomic E-state index is -4.43. The van der Waals surface area contributed by atoms with Crippen molar-refractivity contribution in [3.63, 3.8) is 0 Å². The number of nitrogens with zero attached hydrogens (tertiary/aromatic N) is 4. The molecule has 154 valence electrons.